The molecule has 72 valence electrons. The Morgan fingerprint density at radius 3 is 3.00 bits per heavy atom. The van der Waals surface area contributed by atoms with Gasteiger partial charge in [0.25, 0.3) is 0 Å². The number of hydrogen-bond donors (Lipinski definition) is 2. The SMILES string of the molecule is Cl.O[C@]12CCNC[C@H]1COCC2. The number of piperidine rings is 1. The molecule has 2 atom stereocenters. The second-order valence-electron chi connectivity index (χ2n) is 3.58. The van der Waals surface area contributed by atoms with E-state index in [4.69, 9.17) is 4.74 Å². The standard InChI is InChI=1S/C8H15NO2.ClH/c10-8-1-3-9-5-7(8)6-11-4-2-8;/h7,9-10H,1-6H2;1H/t7-,8-;/m0./s1. The van der Waals surface area contributed by atoms with Gasteiger partial charge in [0.2, 0.25) is 0 Å². The molecule has 4 heteroatoms. The number of fused-ring (bicyclic) bond motifs is 1. The van der Waals surface area contributed by atoms with Crippen molar-refractivity contribution >= 4 is 12.4 Å². The number of hydrogen-bond acceptors (Lipinski definition) is 3. The molecule has 0 spiro atoms. The molecule has 2 saturated heterocycles. The highest BCUT2D eigenvalue weighted by Gasteiger charge is 2.40. The van der Waals surface area contributed by atoms with Gasteiger partial charge < -0.3 is 15.2 Å². The van der Waals surface area contributed by atoms with Crippen LogP contribution in [0.2, 0.25) is 0 Å². The van der Waals surface area contributed by atoms with Crippen LogP contribution in [0.5, 0.6) is 0 Å². The number of halogens is 1. The van der Waals surface area contributed by atoms with Crippen molar-refractivity contribution in [2.75, 3.05) is 26.3 Å². The Bertz CT molecular complexity index is 142. The second kappa shape index (κ2) is 3.92. The first-order valence-electron chi connectivity index (χ1n) is 4.32. The van der Waals surface area contributed by atoms with Gasteiger partial charge in [0, 0.05) is 19.1 Å². The molecule has 0 bridgehead atoms. The third-order valence-corrected chi connectivity index (χ3v) is 2.88. The molecule has 0 radical (unpaired) electrons. The molecule has 2 aliphatic heterocycles. The van der Waals surface area contributed by atoms with Gasteiger partial charge in [-0.1, -0.05) is 0 Å². The molecule has 2 rings (SSSR count). The molecular weight excluding hydrogens is 178 g/mol. The predicted octanol–water partition coefficient (Wildman–Crippen LogP) is 0.169. The lowest BCUT2D eigenvalue weighted by atomic mass is 9.78. The molecule has 0 unspecified atom stereocenters. The summed E-state index contributed by atoms with van der Waals surface area (Å²) in [7, 11) is 0. The van der Waals surface area contributed by atoms with Crippen molar-refractivity contribution in [1.29, 1.82) is 0 Å². The highest BCUT2D eigenvalue weighted by atomic mass is 35.5. The molecule has 2 N–H and O–H groups in total. The van der Waals surface area contributed by atoms with Crippen molar-refractivity contribution < 1.29 is 9.84 Å². The van der Waals surface area contributed by atoms with E-state index in [1.807, 2.05) is 0 Å². The summed E-state index contributed by atoms with van der Waals surface area (Å²) in [5.74, 6) is 0.324. The van der Waals surface area contributed by atoms with Crippen molar-refractivity contribution in [2.24, 2.45) is 5.92 Å². The zero-order chi connectivity index (χ0) is 7.73. The van der Waals surface area contributed by atoms with Crippen molar-refractivity contribution in [1.82, 2.24) is 5.32 Å². The van der Waals surface area contributed by atoms with Crippen LogP contribution in [0.4, 0.5) is 0 Å². The summed E-state index contributed by atoms with van der Waals surface area (Å²) >= 11 is 0. The van der Waals surface area contributed by atoms with Crippen molar-refractivity contribution in [3.8, 4) is 0 Å². The first kappa shape index (κ1) is 10.3. The Morgan fingerprint density at radius 1 is 1.42 bits per heavy atom. The van der Waals surface area contributed by atoms with Crippen LogP contribution in [0.1, 0.15) is 12.8 Å². The van der Waals surface area contributed by atoms with Gasteiger partial charge in [-0.3, -0.25) is 0 Å². The molecule has 0 aliphatic carbocycles. The smallest absolute Gasteiger partial charge is 0.0743 e. The predicted molar refractivity (Wildman–Crippen MR) is 48.6 cm³/mol. The van der Waals surface area contributed by atoms with Crippen LogP contribution in [0, 0.1) is 5.92 Å². The van der Waals surface area contributed by atoms with Crippen molar-refractivity contribution in [3.05, 3.63) is 0 Å². The van der Waals surface area contributed by atoms with Crippen LogP contribution in [0.3, 0.4) is 0 Å². The fourth-order valence-corrected chi connectivity index (χ4v) is 1.99. The fraction of sp³-hybridized carbons (Fsp3) is 1.00. The van der Waals surface area contributed by atoms with Crippen LogP contribution in [0.15, 0.2) is 0 Å². The summed E-state index contributed by atoms with van der Waals surface area (Å²) in [5.41, 5.74) is -0.413. The maximum atomic E-state index is 10.1. The molecule has 0 aromatic heterocycles. The summed E-state index contributed by atoms with van der Waals surface area (Å²) < 4.78 is 5.30. The Kier molecular flexibility index (Phi) is 3.35. The highest BCUT2D eigenvalue weighted by Crippen LogP contribution is 2.31. The molecule has 2 fully saturated rings. The van der Waals surface area contributed by atoms with E-state index >= 15 is 0 Å². The first-order valence-corrected chi connectivity index (χ1v) is 4.32. The molecule has 3 nitrogen and oxygen atoms in total. The number of nitrogens with one attached hydrogen (secondary N) is 1. The van der Waals surface area contributed by atoms with E-state index in [1.54, 1.807) is 0 Å². The van der Waals surface area contributed by atoms with Crippen LogP contribution >= 0.6 is 12.4 Å². The molecular formula is C8H16ClNO2. The van der Waals surface area contributed by atoms with Gasteiger partial charge >= 0.3 is 0 Å². The maximum Gasteiger partial charge on any atom is 0.0743 e. The Hall–Kier alpha value is 0.170. The fourth-order valence-electron chi connectivity index (χ4n) is 1.99. The minimum Gasteiger partial charge on any atom is -0.389 e. The second-order valence-corrected chi connectivity index (χ2v) is 3.58. The van der Waals surface area contributed by atoms with E-state index in [-0.39, 0.29) is 12.4 Å². The van der Waals surface area contributed by atoms with Gasteiger partial charge in [0.15, 0.2) is 0 Å². The van der Waals surface area contributed by atoms with Gasteiger partial charge in [0.1, 0.15) is 0 Å². The van der Waals surface area contributed by atoms with Crippen LogP contribution in [0.25, 0.3) is 0 Å². The molecule has 0 aromatic rings. The van der Waals surface area contributed by atoms with Gasteiger partial charge in [-0.25, -0.2) is 0 Å². The summed E-state index contributed by atoms with van der Waals surface area (Å²) in [4.78, 5) is 0. The van der Waals surface area contributed by atoms with Gasteiger partial charge in [-0.2, -0.15) is 0 Å². The Labute approximate surface area is 78.9 Å². The van der Waals surface area contributed by atoms with Gasteiger partial charge in [-0.05, 0) is 19.4 Å². The van der Waals surface area contributed by atoms with E-state index in [0.29, 0.717) is 5.92 Å². The minimum absolute atomic E-state index is 0. The lowest BCUT2D eigenvalue weighted by Gasteiger charge is -2.43. The van der Waals surface area contributed by atoms with Crippen LogP contribution in [-0.4, -0.2) is 37.0 Å². The highest BCUT2D eigenvalue weighted by molar-refractivity contribution is 5.85. The number of rotatable bonds is 0. The van der Waals surface area contributed by atoms with E-state index in [9.17, 15) is 5.11 Å². The molecule has 12 heavy (non-hydrogen) atoms. The quantitative estimate of drug-likeness (QED) is 0.577. The maximum absolute atomic E-state index is 10.1. The Balaban J connectivity index is 0.000000720. The molecule has 0 amide bonds. The monoisotopic (exact) mass is 193 g/mol. The lowest BCUT2D eigenvalue weighted by molar-refractivity contribution is -0.125. The number of ether oxygens (including phenoxy) is 1. The van der Waals surface area contributed by atoms with Crippen molar-refractivity contribution in [3.63, 3.8) is 0 Å². The first-order chi connectivity index (χ1) is 5.31. The van der Waals surface area contributed by atoms with Gasteiger partial charge in [0.05, 0.1) is 12.2 Å². The topological polar surface area (TPSA) is 41.5 Å². The average molecular weight is 194 g/mol. The van der Waals surface area contributed by atoms with E-state index in [1.165, 1.54) is 0 Å². The Morgan fingerprint density at radius 2 is 2.25 bits per heavy atom. The van der Waals surface area contributed by atoms with E-state index < -0.39 is 5.60 Å². The van der Waals surface area contributed by atoms with Crippen molar-refractivity contribution in [2.45, 2.75) is 18.4 Å². The zero-order valence-electron chi connectivity index (χ0n) is 7.08. The lowest BCUT2D eigenvalue weighted by Crippen LogP contribution is -2.54. The third-order valence-electron chi connectivity index (χ3n) is 2.88. The van der Waals surface area contributed by atoms with Crippen LogP contribution < -0.4 is 5.32 Å². The normalized spacial score (nSPS) is 41.2. The molecule has 2 aliphatic rings. The number of aliphatic hydroxyl groups is 1. The summed E-state index contributed by atoms with van der Waals surface area (Å²) in [6, 6.07) is 0. The van der Waals surface area contributed by atoms with E-state index in [0.717, 1.165) is 39.1 Å². The summed E-state index contributed by atoms with van der Waals surface area (Å²) in [6.45, 7) is 3.32. The minimum atomic E-state index is -0.413. The molecule has 0 saturated carbocycles. The largest absolute Gasteiger partial charge is 0.389 e. The third kappa shape index (κ3) is 1.74. The van der Waals surface area contributed by atoms with Gasteiger partial charge in [-0.15, -0.1) is 12.4 Å². The summed E-state index contributed by atoms with van der Waals surface area (Å²) in [6.07, 6.45) is 1.71. The molecule has 2 heterocycles. The zero-order valence-corrected chi connectivity index (χ0v) is 7.90. The molecule has 0 aromatic carbocycles. The van der Waals surface area contributed by atoms with E-state index in [2.05, 4.69) is 5.32 Å². The average Bonchev–Trinajstić information content (AvgIpc) is 2.03. The summed E-state index contributed by atoms with van der Waals surface area (Å²) in [5, 5.41) is 13.3. The van der Waals surface area contributed by atoms with Crippen LogP contribution in [-0.2, 0) is 4.74 Å².